The smallest absolute Gasteiger partial charge is 0.497 e. The number of H-pyrrole nitrogens is 2. The molecule has 6 aromatic rings. The van der Waals surface area contributed by atoms with E-state index in [9.17, 15) is 23.7 Å². The fourth-order valence-electron chi connectivity index (χ4n) is 8.65. The maximum Gasteiger partial charge on any atom is 0.697 e. The predicted molar refractivity (Wildman–Crippen MR) is 275 cm³/mol. The first-order valence-electron chi connectivity index (χ1n) is 23.9. The van der Waals surface area contributed by atoms with Gasteiger partial charge in [-0.25, -0.2) is 14.6 Å². The topological polar surface area (TPSA) is 248 Å². The number of imidazole rings is 1. The third-order valence-electron chi connectivity index (χ3n) is 13.6. The SMILES string of the molecule is C=CCOC(=O)Nc1nc2c(ncn2[C@H]2C[C@H](O[P+](=O)OC[C@H]3O[C@@H](n4cc(C)c(=O)[nH]c4=O)C[C@@H]3O[Si](C)(C)C(C)(C)C)[C@@H](COC(c3ccccc3)(c3ccc(OC)cc3)c3ccc(OC)cc3)O2)c(=O)[nH]1. The van der Waals surface area contributed by atoms with Crippen LogP contribution in [0.2, 0.25) is 18.1 Å². The molecule has 2 fully saturated rings. The molecule has 3 N–H and O–H groups in total. The number of carbonyl (C=O) groups excluding carboxylic acids is 1. The van der Waals surface area contributed by atoms with Crippen LogP contribution in [0.1, 0.15) is 68.3 Å². The maximum absolute atomic E-state index is 14.3. The highest BCUT2D eigenvalue weighted by Crippen LogP contribution is 2.46. The first kappa shape index (κ1) is 53.7. The average molecular weight is 1060 g/mol. The van der Waals surface area contributed by atoms with Crippen LogP contribution in [0.5, 0.6) is 11.5 Å². The van der Waals surface area contributed by atoms with Gasteiger partial charge in [0, 0.05) is 29.2 Å². The molecule has 0 spiro atoms. The number of benzene rings is 3. The predicted octanol–water partition coefficient (Wildman–Crippen LogP) is 7.76. The minimum atomic E-state index is -2.93. The maximum atomic E-state index is 14.3. The van der Waals surface area contributed by atoms with Crippen LogP contribution in [0.15, 0.2) is 118 Å². The quantitative estimate of drug-likeness (QED) is 0.0286. The highest BCUT2D eigenvalue weighted by atomic mass is 31.1. The molecule has 0 bridgehead atoms. The highest BCUT2D eigenvalue weighted by Gasteiger charge is 2.49. The molecule has 1 unspecified atom stereocenters. The lowest BCUT2D eigenvalue weighted by Gasteiger charge is -2.39. The van der Waals surface area contributed by atoms with E-state index in [4.69, 9.17) is 41.9 Å². The number of amides is 1. The van der Waals surface area contributed by atoms with Crippen molar-refractivity contribution in [2.45, 2.75) is 101 Å². The molecule has 8 rings (SSSR count). The van der Waals surface area contributed by atoms with E-state index in [0.29, 0.717) is 17.1 Å². The Kier molecular flexibility index (Phi) is 16.3. The summed E-state index contributed by atoms with van der Waals surface area (Å²) < 4.78 is 72.8. The first-order chi connectivity index (χ1) is 35.3. The molecule has 7 atom stereocenters. The van der Waals surface area contributed by atoms with Gasteiger partial charge in [0.1, 0.15) is 61.1 Å². The number of nitrogens with zero attached hydrogens (tertiary/aromatic N) is 4. The second kappa shape index (κ2) is 22.5. The van der Waals surface area contributed by atoms with E-state index in [1.165, 1.54) is 27.7 Å². The van der Waals surface area contributed by atoms with Gasteiger partial charge in [-0.15, -0.1) is 9.05 Å². The Balaban J connectivity index is 1.12. The Labute approximate surface area is 428 Å². The minimum Gasteiger partial charge on any atom is -0.497 e. The van der Waals surface area contributed by atoms with Gasteiger partial charge in [-0.05, 0) is 66.0 Å². The van der Waals surface area contributed by atoms with Crippen LogP contribution in [-0.2, 0) is 42.6 Å². The molecule has 23 heteroatoms. The highest BCUT2D eigenvalue weighted by molar-refractivity contribution is 7.33. The van der Waals surface area contributed by atoms with E-state index in [1.807, 2.05) is 78.9 Å². The summed E-state index contributed by atoms with van der Waals surface area (Å²) in [6.45, 7) is 15.1. The molecule has 74 heavy (non-hydrogen) atoms. The fourth-order valence-corrected chi connectivity index (χ4v) is 10.8. The zero-order valence-electron chi connectivity index (χ0n) is 42.4. The van der Waals surface area contributed by atoms with Crippen molar-refractivity contribution in [1.29, 1.82) is 0 Å². The molecule has 1 amide bonds. The summed E-state index contributed by atoms with van der Waals surface area (Å²) in [5, 5.41) is 2.23. The van der Waals surface area contributed by atoms with Crippen molar-refractivity contribution < 1.29 is 51.3 Å². The van der Waals surface area contributed by atoms with Gasteiger partial charge >= 0.3 is 20.0 Å². The summed E-state index contributed by atoms with van der Waals surface area (Å²) in [4.78, 5) is 64.7. The molecule has 0 radical (unpaired) electrons. The molecular formula is C51H61N7O14PSi+. The van der Waals surface area contributed by atoms with Crippen molar-refractivity contribution in [2.75, 3.05) is 39.4 Å². The number of ether oxygens (including phenoxy) is 6. The molecule has 0 aliphatic carbocycles. The molecule has 2 saturated heterocycles. The molecule has 2 aliphatic heterocycles. The van der Waals surface area contributed by atoms with E-state index in [-0.39, 0.29) is 54.8 Å². The van der Waals surface area contributed by atoms with Crippen molar-refractivity contribution in [2.24, 2.45) is 0 Å². The summed E-state index contributed by atoms with van der Waals surface area (Å²) >= 11 is 0. The number of hydrogen-bond acceptors (Lipinski definition) is 16. The lowest BCUT2D eigenvalue weighted by Crippen LogP contribution is -2.46. The second-order valence-electron chi connectivity index (χ2n) is 19.4. The standard InChI is InChI=1S/C51H60N7O14PSi/c1-10-24-66-49(62)56-47-53-44-43(46(60)54-47)52-30-58(44)42-25-37(71-73(63)68-29-40-38(72-74(8,9)50(3,4)5)26-41(70-40)57-27-31(2)45(59)55-48(57)61)39(69-42)28-67-51(32-14-12-11-13-15-32,33-16-20-35(64-6)21-17-33)34-18-22-36(65-7)23-19-34/h10-23,27,30,37-42H,1,24-26,28-29H2,2-9H3,(H2-,53,54,55,56,59,60,61,62)/p+1/t37-,38-,39+,40+,41+,42+/m0/s1. The van der Waals surface area contributed by atoms with Crippen LogP contribution in [0.3, 0.4) is 0 Å². The Hall–Kier alpha value is -6.62. The molecule has 3 aromatic heterocycles. The van der Waals surface area contributed by atoms with Gasteiger partial charge in [0.2, 0.25) is 5.95 Å². The molecule has 21 nitrogen and oxygen atoms in total. The van der Waals surface area contributed by atoms with E-state index in [0.717, 1.165) is 16.7 Å². The lowest BCUT2D eigenvalue weighted by atomic mass is 9.80. The van der Waals surface area contributed by atoms with Gasteiger partial charge in [-0.1, -0.05) is 88.0 Å². The molecular weight excluding hydrogens is 994 g/mol. The summed E-state index contributed by atoms with van der Waals surface area (Å²) in [7, 11) is -2.20. The third-order valence-corrected chi connectivity index (χ3v) is 18.9. The Morgan fingerprint density at radius 3 is 2.05 bits per heavy atom. The van der Waals surface area contributed by atoms with Crippen molar-refractivity contribution in [3.63, 3.8) is 0 Å². The second-order valence-corrected chi connectivity index (χ2v) is 25.0. The number of fused-ring (bicyclic) bond motifs is 1. The third kappa shape index (κ3) is 11.5. The summed E-state index contributed by atoms with van der Waals surface area (Å²) in [5.74, 6) is 1.06. The average Bonchev–Trinajstić information content (AvgIpc) is 4.11. The molecule has 392 valence electrons. The van der Waals surface area contributed by atoms with E-state index < -0.39 is 81.9 Å². The van der Waals surface area contributed by atoms with Gasteiger partial charge < -0.3 is 32.8 Å². The van der Waals surface area contributed by atoms with E-state index in [1.54, 1.807) is 21.1 Å². The van der Waals surface area contributed by atoms with Crippen molar-refractivity contribution >= 4 is 39.8 Å². The summed E-state index contributed by atoms with van der Waals surface area (Å²) in [6, 6.07) is 24.7. The fraction of sp³-hybridized carbons (Fsp3) is 0.412. The van der Waals surface area contributed by atoms with Crippen LogP contribution in [0.4, 0.5) is 10.7 Å². The van der Waals surface area contributed by atoms with Crippen LogP contribution in [0.25, 0.3) is 11.2 Å². The Bertz CT molecular complexity index is 3090. The number of rotatable bonds is 20. The molecule has 5 heterocycles. The number of aryl methyl sites for hydroxylation is 1. The van der Waals surface area contributed by atoms with Crippen LogP contribution in [-0.4, -0.2) is 102 Å². The Morgan fingerprint density at radius 1 is 0.851 bits per heavy atom. The van der Waals surface area contributed by atoms with Crippen molar-refractivity contribution in [3.8, 4) is 11.5 Å². The van der Waals surface area contributed by atoms with Gasteiger partial charge in [-0.3, -0.25) is 34.0 Å². The monoisotopic (exact) mass is 1050 g/mol. The van der Waals surface area contributed by atoms with Crippen LogP contribution < -0.4 is 31.6 Å². The number of aromatic amines is 2. The number of hydrogen-bond donors (Lipinski definition) is 3. The zero-order valence-corrected chi connectivity index (χ0v) is 44.3. The van der Waals surface area contributed by atoms with Gasteiger partial charge in [0.15, 0.2) is 19.5 Å². The number of aromatic nitrogens is 6. The number of anilines is 1. The van der Waals surface area contributed by atoms with Crippen LogP contribution >= 0.6 is 8.25 Å². The van der Waals surface area contributed by atoms with Crippen molar-refractivity contribution in [3.05, 3.63) is 157 Å². The Morgan fingerprint density at radius 2 is 1.45 bits per heavy atom. The van der Waals surface area contributed by atoms with Crippen LogP contribution in [0, 0.1) is 6.92 Å². The van der Waals surface area contributed by atoms with E-state index in [2.05, 4.69) is 65.7 Å². The summed E-state index contributed by atoms with van der Waals surface area (Å²) in [6.07, 6.45) is -1.51. The first-order valence-corrected chi connectivity index (χ1v) is 27.9. The number of methoxy groups -OCH3 is 2. The molecule has 3 aromatic carbocycles. The largest absolute Gasteiger partial charge is 0.697 e. The molecule has 2 aliphatic rings. The van der Waals surface area contributed by atoms with E-state index >= 15 is 0 Å². The summed E-state index contributed by atoms with van der Waals surface area (Å²) in [5.41, 5.74) is -0.475. The van der Waals surface area contributed by atoms with Gasteiger partial charge in [-0.2, -0.15) is 4.98 Å². The normalized spacial score (nSPS) is 20.4. The van der Waals surface area contributed by atoms with Gasteiger partial charge in [0.25, 0.3) is 11.1 Å². The number of nitrogens with one attached hydrogen (secondary N) is 3. The van der Waals surface area contributed by atoms with Gasteiger partial charge in [0.05, 0.1) is 33.3 Å². The molecule has 0 saturated carbocycles. The van der Waals surface area contributed by atoms with Crippen molar-refractivity contribution in [1.82, 2.24) is 29.1 Å². The minimum absolute atomic E-state index is 0.0273. The zero-order chi connectivity index (χ0) is 53.0. The lowest BCUT2D eigenvalue weighted by molar-refractivity contribution is -0.0912. The number of carbonyl (C=O) groups is 1.